The molecule has 6 aromatic rings. The average molecular weight is 1230 g/mol. The Morgan fingerprint density at radius 3 is 0.910 bits per heavy atom. The Kier molecular flexibility index (Phi) is 30.6. The van der Waals surface area contributed by atoms with Gasteiger partial charge in [0.25, 0.3) is 10.1 Å². The van der Waals surface area contributed by atoms with E-state index in [1.54, 1.807) is 118 Å². The maximum Gasteiger partial charge on any atom is 0.338 e. The van der Waals surface area contributed by atoms with Crippen LogP contribution in [0.3, 0.4) is 0 Å². The van der Waals surface area contributed by atoms with Crippen LogP contribution in [0.2, 0.25) is 0 Å². The molecule has 466 valence electrons. The van der Waals surface area contributed by atoms with E-state index in [4.69, 9.17) is 42.6 Å². The largest absolute Gasteiger partial charge is 0.492 e. The van der Waals surface area contributed by atoms with Gasteiger partial charge in [-0.15, -0.1) is 0 Å². The van der Waals surface area contributed by atoms with Crippen molar-refractivity contribution >= 4 is 47.2 Å². The van der Waals surface area contributed by atoms with E-state index >= 15 is 0 Å². The lowest BCUT2D eigenvalue weighted by Crippen LogP contribution is -2.38. The summed E-state index contributed by atoms with van der Waals surface area (Å²) < 4.78 is 67.4. The van der Waals surface area contributed by atoms with Crippen LogP contribution in [0.15, 0.2) is 121 Å². The van der Waals surface area contributed by atoms with Gasteiger partial charge < -0.3 is 47.0 Å². The molecule has 0 bridgehead atoms. The van der Waals surface area contributed by atoms with Crippen LogP contribution in [0.4, 0.5) is 0 Å². The molecule has 0 unspecified atom stereocenters. The molecule has 0 atom stereocenters. The minimum atomic E-state index is -4.24. The molecule has 0 aliphatic rings. The van der Waals surface area contributed by atoms with Crippen LogP contribution in [0.5, 0.6) is 23.0 Å². The van der Waals surface area contributed by atoms with Crippen molar-refractivity contribution < 1.29 is 79.1 Å². The van der Waals surface area contributed by atoms with Crippen molar-refractivity contribution in [2.45, 2.75) is 41.0 Å². The van der Waals surface area contributed by atoms with Gasteiger partial charge in [0.1, 0.15) is 75.2 Å². The highest BCUT2D eigenvalue weighted by Crippen LogP contribution is 2.31. The summed E-state index contributed by atoms with van der Waals surface area (Å²) in [5, 5.41) is 0. The lowest BCUT2D eigenvalue weighted by Gasteiger charge is -2.24. The third kappa shape index (κ3) is 27.2. The monoisotopic (exact) mass is 1230 g/mol. The normalized spacial score (nSPS) is 10.3. The smallest absolute Gasteiger partial charge is 0.338 e. The summed E-state index contributed by atoms with van der Waals surface area (Å²) in [7, 11) is 8.45. The SMILES string of the molecule is C=O.C=O.CCCOc1cc(C#Cc2ccc(C(=O)OCC)cc2)c(OCCS(=O)(=O)O)cc1C#Cc1ccc(C(C)=O)cc1.CCOC(=O)c1ccc(C#Cc2cc(OCC[N+](C)(C)C)c(C#Cc3ccc(C(C)=O)cc3)cc2OCC[N+](C)(C)C)cc1. The Morgan fingerprint density at radius 2 is 0.674 bits per heavy atom. The summed E-state index contributed by atoms with van der Waals surface area (Å²) in [6, 6.07) is 34.8. The quantitative estimate of drug-likeness (QED) is 0.0234. The van der Waals surface area contributed by atoms with E-state index < -0.39 is 21.8 Å². The van der Waals surface area contributed by atoms with Gasteiger partial charge in [0, 0.05) is 57.6 Å². The fourth-order valence-electron chi connectivity index (χ4n) is 7.26. The zero-order valence-corrected chi connectivity index (χ0v) is 53.3. The van der Waals surface area contributed by atoms with E-state index in [1.807, 2.05) is 44.8 Å². The summed E-state index contributed by atoms with van der Waals surface area (Å²) >= 11 is 0. The number of quaternary nitrogens is 2. The van der Waals surface area contributed by atoms with Crippen molar-refractivity contribution in [1.82, 2.24) is 0 Å². The van der Waals surface area contributed by atoms with Gasteiger partial charge in [-0.05, 0) is 107 Å². The number of likely N-dealkylation sites (N-methyl/N-ethyl adjacent to an activating group) is 2. The second-order valence-corrected chi connectivity index (χ2v) is 22.8. The van der Waals surface area contributed by atoms with Gasteiger partial charge in [0.05, 0.1) is 95.5 Å². The first-order chi connectivity index (χ1) is 42.3. The first kappa shape index (κ1) is 73.5. The number of Topliss-reactive ketones (excluding diaryl/α,β-unsaturated/α-hetero) is 2. The Bertz CT molecular complexity index is 3720. The molecule has 0 spiro atoms. The summed E-state index contributed by atoms with van der Waals surface area (Å²) in [5.74, 6) is 25.6. The van der Waals surface area contributed by atoms with Crippen molar-refractivity contribution in [2.24, 2.45) is 0 Å². The Balaban J connectivity index is 0.000000442. The second-order valence-electron chi connectivity index (χ2n) is 21.3. The number of ketones is 2. The molecule has 89 heavy (non-hydrogen) atoms. The lowest BCUT2D eigenvalue weighted by molar-refractivity contribution is -0.870. The molecule has 0 radical (unpaired) electrons. The van der Waals surface area contributed by atoms with Crippen molar-refractivity contribution in [3.63, 3.8) is 0 Å². The molecule has 0 saturated carbocycles. The molecule has 0 amide bonds. The lowest BCUT2D eigenvalue weighted by atomic mass is 10.1. The molecule has 0 fully saturated rings. The fourth-order valence-corrected chi connectivity index (χ4v) is 7.55. The maximum absolute atomic E-state index is 12.0. The average Bonchev–Trinajstić information content (AvgIpc) is 3.46. The summed E-state index contributed by atoms with van der Waals surface area (Å²) in [4.78, 5) is 63.2. The highest BCUT2D eigenvalue weighted by atomic mass is 32.2. The number of hydrogen-bond donors (Lipinski definition) is 1. The molecule has 0 aromatic heterocycles. The van der Waals surface area contributed by atoms with Crippen LogP contribution < -0.4 is 18.9 Å². The minimum Gasteiger partial charge on any atom is -0.492 e. The van der Waals surface area contributed by atoms with Gasteiger partial charge in [-0.3, -0.25) is 14.1 Å². The van der Waals surface area contributed by atoms with Crippen LogP contribution in [0.25, 0.3) is 0 Å². The number of ether oxygens (including phenoxy) is 6. The van der Waals surface area contributed by atoms with Crippen LogP contribution >= 0.6 is 0 Å². The highest BCUT2D eigenvalue weighted by molar-refractivity contribution is 7.85. The van der Waals surface area contributed by atoms with E-state index in [2.05, 4.69) is 89.6 Å². The second kappa shape index (κ2) is 37.0. The number of hydrogen-bond acceptors (Lipinski definition) is 14. The van der Waals surface area contributed by atoms with Gasteiger partial charge in [-0.25, -0.2) is 9.59 Å². The standard InChI is InChI=1S/C37H44N2O5.C32H30O8S.2CH2O/c1-9-42-37(41)32-18-12-30(13-19-32)15-21-34-27-35(43-24-22-38(3,4)5)33(26-36(34)44-25-23-39(6,7)8)20-14-29-10-16-31(17-11-29)28(2)40;1-4-18-39-30-21-29(17-11-25-8-14-27(15-9-25)32(34)38-5-2)31(40-19-20-41(35,36)37)22-28(30)16-10-24-6-12-26(13-7-24)23(3)33;2*1-2/h10-13,16-19,26-27H,9,22-25H2,1-8H3;6-9,12-15,21-22H,4-5,18-20H2,1-3H3,(H,35,36,37);2*1H2/q+2;;;. The predicted molar refractivity (Wildman–Crippen MR) is 343 cm³/mol. The third-order valence-electron chi connectivity index (χ3n) is 12.0. The van der Waals surface area contributed by atoms with E-state index in [0.29, 0.717) is 99.3 Å². The van der Waals surface area contributed by atoms with Gasteiger partial charge in [0.2, 0.25) is 0 Å². The predicted octanol–water partition coefficient (Wildman–Crippen LogP) is 9.59. The van der Waals surface area contributed by atoms with Gasteiger partial charge in [0.15, 0.2) is 11.6 Å². The minimum absolute atomic E-state index is 0.0137. The molecular weight excluding hydrogens is 1150 g/mol. The number of nitrogens with zero attached hydrogens (tertiary/aromatic N) is 2. The van der Waals surface area contributed by atoms with E-state index in [0.717, 1.165) is 39.6 Å². The fraction of sp³-hybridized carbons (Fsp3) is 0.296. The number of esters is 2. The number of benzene rings is 6. The maximum atomic E-state index is 12.0. The van der Waals surface area contributed by atoms with Gasteiger partial charge >= 0.3 is 11.9 Å². The molecule has 0 aliphatic carbocycles. The molecule has 0 heterocycles. The number of carbonyl (C=O) groups excluding carboxylic acids is 6. The van der Waals surface area contributed by atoms with Gasteiger partial charge in [-0.1, -0.05) is 78.6 Å². The Labute approximate surface area is 524 Å². The molecule has 17 nitrogen and oxygen atoms in total. The number of carbonyl (C=O) groups is 6. The van der Waals surface area contributed by atoms with Crippen LogP contribution in [0, 0.1) is 47.4 Å². The Morgan fingerprint density at radius 1 is 0.416 bits per heavy atom. The highest BCUT2D eigenvalue weighted by Gasteiger charge is 2.17. The molecule has 0 aliphatic heterocycles. The Hall–Kier alpha value is -9.79. The molecular formula is C71H78N2O15S+2. The van der Waals surface area contributed by atoms with Gasteiger partial charge in [-0.2, -0.15) is 8.42 Å². The molecule has 6 aromatic carbocycles. The topological polar surface area (TPSA) is 212 Å². The molecule has 18 heteroatoms. The number of rotatable bonds is 21. The first-order valence-corrected chi connectivity index (χ1v) is 29.8. The molecule has 6 rings (SSSR count). The van der Waals surface area contributed by atoms with Crippen LogP contribution in [0.1, 0.15) is 127 Å². The summed E-state index contributed by atoms with van der Waals surface area (Å²) in [5.41, 5.74) is 7.21. The van der Waals surface area contributed by atoms with E-state index in [9.17, 15) is 27.6 Å². The van der Waals surface area contributed by atoms with Crippen molar-refractivity contribution in [2.75, 3.05) is 101 Å². The molecule has 0 saturated heterocycles. The van der Waals surface area contributed by atoms with Crippen molar-refractivity contribution in [1.29, 1.82) is 0 Å². The third-order valence-corrected chi connectivity index (χ3v) is 12.7. The van der Waals surface area contributed by atoms with Crippen molar-refractivity contribution in [3.05, 3.63) is 188 Å². The van der Waals surface area contributed by atoms with Crippen LogP contribution in [-0.2, 0) is 29.2 Å². The summed E-state index contributed by atoms with van der Waals surface area (Å²) in [6.07, 6.45) is 0.750. The van der Waals surface area contributed by atoms with Crippen molar-refractivity contribution in [3.8, 4) is 70.4 Å². The van der Waals surface area contributed by atoms with E-state index in [1.165, 1.54) is 6.92 Å². The van der Waals surface area contributed by atoms with E-state index in [-0.39, 0.29) is 36.5 Å². The summed E-state index contributed by atoms with van der Waals surface area (Å²) in [6.45, 7) is 15.8. The molecule has 1 N–H and O–H groups in total. The zero-order valence-electron chi connectivity index (χ0n) is 52.5. The van der Waals surface area contributed by atoms with Crippen LogP contribution in [-0.4, -0.2) is 160 Å². The zero-order chi connectivity index (χ0) is 66.2. The first-order valence-electron chi connectivity index (χ1n) is 28.2.